The third-order valence-corrected chi connectivity index (χ3v) is 3.13. The zero-order chi connectivity index (χ0) is 13.2. The molecule has 0 aliphatic heterocycles. The highest BCUT2D eigenvalue weighted by Gasteiger charge is 2.04. The van der Waals surface area contributed by atoms with E-state index in [2.05, 4.69) is 55.3 Å². The Labute approximate surface area is 113 Å². The van der Waals surface area contributed by atoms with E-state index >= 15 is 0 Å². The number of nitrogens with zero attached hydrogens (tertiary/aromatic N) is 2. The minimum atomic E-state index is 1.01. The molecule has 0 amide bonds. The zero-order valence-corrected chi connectivity index (χ0v) is 11.2. The molecule has 0 atom stereocenters. The van der Waals surface area contributed by atoms with Gasteiger partial charge in [-0.15, -0.1) is 0 Å². The minimum Gasteiger partial charge on any atom is -0.240 e. The summed E-state index contributed by atoms with van der Waals surface area (Å²) in [7, 11) is 0. The summed E-state index contributed by atoms with van der Waals surface area (Å²) in [5, 5.41) is 4.65. The van der Waals surface area contributed by atoms with Gasteiger partial charge in [-0.2, -0.15) is 5.10 Å². The van der Waals surface area contributed by atoms with Gasteiger partial charge in [0.25, 0.3) is 0 Å². The number of para-hydroxylation sites is 1. The summed E-state index contributed by atoms with van der Waals surface area (Å²) in [6, 6.07) is 18.7. The number of hydrogen-bond donors (Lipinski definition) is 0. The Morgan fingerprint density at radius 3 is 2.21 bits per heavy atom. The smallest absolute Gasteiger partial charge is 0.0927 e. The summed E-state index contributed by atoms with van der Waals surface area (Å²) in [5.74, 6) is 0. The molecule has 19 heavy (non-hydrogen) atoms. The predicted molar refractivity (Wildman–Crippen MR) is 78.5 cm³/mol. The Balaban J connectivity index is 2.02. The maximum Gasteiger partial charge on any atom is 0.0927 e. The molecule has 2 nitrogen and oxygen atoms in total. The predicted octanol–water partition coefficient (Wildman–Crippen LogP) is 4.16. The van der Waals surface area contributed by atoms with Gasteiger partial charge in [-0.05, 0) is 44.2 Å². The summed E-state index contributed by atoms with van der Waals surface area (Å²) < 4.78 is 1.91. The molecule has 0 N–H and O–H groups in total. The molecule has 0 radical (unpaired) electrons. The van der Waals surface area contributed by atoms with E-state index in [1.165, 1.54) is 16.7 Å². The van der Waals surface area contributed by atoms with Crippen LogP contribution in [0, 0.1) is 13.8 Å². The largest absolute Gasteiger partial charge is 0.240 e. The lowest BCUT2D eigenvalue weighted by atomic mass is 10.1. The summed E-state index contributed by atoms with van der Waals surface area (Å²) in [6.45, 7) is 4.23. The summed E-state index contributed by atoms with van der Waals surface area (Å²) in [5.41, 5.74) is 5.80. The van der Waals surface area contributed by atoms with Crippen LogP contribution in [0.15, 0.2) is 60.8 Å². The van der Waals surface area contributed by atoms with Crippen LogP contribution >= 0.6 is 0 Å². The molecule has 0 saturated heterocycles. The van der Waals surface area contributed by atoms with Crippen LogP contribution in [0.3, 0.4) is 0 Å². The molecular weight excluding hydrogens is 232 g/mol. The summed E-state index contributed by atoms with van der Waals surface area (Å²) in [6.07, 6.45) is 2.00. The monoisotopic (exact) mass is 248 g/mol. The van der Waals surface area contributed by atoms with Crippen molar-refractivity contribution in [3.05, 3.63) is 71.9 Å². The van der Waals surface area contributed by atoms with Gasteiger partial charge in [0.1, 0.15) is 0 Å². The molecule has 0 fully saturated rings. The quantitative estimate of drug-likeness (QED) is 0.666. The number of rotatable bonds is 2. The average molecular weight is 248 g/mol. The second kappa shape index (κ2) is 4.73. The van der Waals surface area contributed by atoms with Crippen LogP contribution in [0.4, 0.5) is 0 Å². The standard InChI is InChI=1S/C17H16N2/c1-13-10-14(2)12-15(11-13)17-8-9-19(18-17)16-6-4-3-5-7-16/h3-12H,1-2H3. The van der Waals surface area contributed by atoms with Crippen molar-refractivity contribution in [1.82, 2.24) is 9.78 Å². The fourth-order valence-corrected chi connectivity index (χ4v) is 2.32. The molecule has 2 heteroatoms. The first-order chi connectivity index (χ1) is 9.22. The Morgan fingerprint density at radius 1 is 0.842 bits per heavy atom. The van der Waals surface area contributed by atoms with Crippen LogP contribution in [-0.4, -0.2) is 9.78 Å². The number of benzene rings is 2. The molecule has 3 rings (SSSR count). The highest BCUT2D eigenvalue weighted by atomic mass is 15.3. The molecule has 1 aromatic heterocycles. The third-order valence-electron chi connectivity index (χ3n) is 3.13. The molecule has 2 aromatic carbocycles. The first kappa shape index (κ1) is 11.7. The van der Waals surface area contributed by atoms with Gasteiger partial charge in [0.05, 0.1) is 11.4 Å². The van der Waals surface area contributed by atoms with Crippen molar-refractivity contribution in [2.45, 2.75) is 13.8 Å². The average Bonchev–Trinajstić information content (AvgIpc) is 2.88. The molecule has 0 saturated carbocycles. The molecule has 0 aliphatic carbocycles. The molecular formula is C17H16N2. The van der Waals surface area contributed by atoms with E-state index in [0.717, 1.165) is 11.4 Å². The van der Waals surface area contributed by atoms with Gasteiger partial charge in [-0.25, -0.2) is 4.68 Å². The van der Waals surface area contributed by atoms with Gasteiger partial charge in [-0.3, -0.25) is 0 Å². The lowest BCUT2D eigenvalue weighted by molar-refractivity contribution is 0.884. The highest BCUT2D eigenvalue weighted by Crippen LogP contribution is 2.21. The Bertz CT molecular complexity index is 676. The van der Waals surface area contributed by atoms with Gasteiger partial charge in [-0.1, -0.05) is 35.4 Å². The maximum absolute atomic E-state index is 4.65. The Morgan fingerprint density at radius 2 is 1.53 bits per heavy atom. The number of hydrogen-bond acceptors (Lipinski definition) is 1. The normalized spacial score (nSPS) is 10.6. The van der Waals surface area contributed by atoms with Gasteiger partial charge < -0.3 is 0 Å². The van der Waals surface area contributed by atoms with Gasteiger partial charge in [0.2, 0.25) is 0 Å². The molecule has 3 aromatic rings. The first-order valence-electron chi connectivity index (χ1n) is 6.42. The molecule has 1 heterocycles. The van der Waals surface area contributed by atoms with Gasteiger partial charge >= 0.3 is 0 Å². The van der Waals surface area contributed by atoms with E-state index in [1.807, 2.05) is 29.1 Å². The molecule has 0 unspecified atom stereocenters. The van der Waals surface area contributed by atoms with E-state index in [-0.39, 0.29) is 0 Å². The maximum atomic E-state index is 4.65. The van der Waals surface area contributed by atoms with Crippen LogP contribution in [0.2, 0.25) is 0 Å². The summed E-state index contributed by atoms with van der Waals surface area (Å²) >= 11 is 0. The topological polar surface area (TPSA) is 17.8 Å². The van der Waals surface area contributed by atoms with Crippen molar-refractivity contribution in [2.24, 2.45) is 0 Å². The van der Waals surface area contributed by atoms with E-state index in [0.29, 0.717) is 0 Å². The second-order valence-electron chi connectivity index (χ2n) is 4.86. The van der Waals surface area contributed by atoms with Crippen LogP contribution in [0.5, 0.6) is 0 Å². The van der Waals surface area contributed by atoms with E-state index in [4.69, 9.17) is 0 Å². The van der Waals surface area contributed by atoms with Gasteiger partial charge in [0, 0.05) is 11.8 Å². The van der Waals surface area contributed by atoms with Crippen LogP contribution in [0.25, 0.3) is 16.9 Å². The van der Waals surface area contributed by atoms with Crippen LogP contribution in [-0.2, 0) is 0 Å². The van der Waals surface area contributed by atoms with Crippen molar-refractivity contribution in [3.8, 4) is 16.9 Å². The zero-order valence-electron chi connectivity index (χ0n) is 11.2. The third kappa shape index (κ3) is 2.43. The molecule has 0 aliphatic rings. The summed E-state index contributed by atoms with van der Waals surface area (Å²) in [4.78, 5) is 0. The Hall–Kier alpha value is -2.35. The second-order valence-corrected chi connectivity index (χ2v) is 4.86. The Kier molecular flexibility index (Phi) is 2.92. The SMILES string of the molecule is Cc1cc(C)cc(-c2ccn(-c3ccccc3)n2)c1. The van der Waals surface area contributed by atoms with Crippen molar-refractivity contribution in [2.75, 3.05) is 0 Å². The highest BCUT2D eigenvalue weighted by molar-refractivity contribution is 5.61. The molecule has 94 valence electrons. The minimum absolute atomic E-state index is 1.01. The van der Waals surface area contributed by atoms with Crippen molar-refractivity contribution < 1.29 is 0 Å². The van der Waals surface area contributed by atoms with Crippen molar-refractivity contribution >= 4 is 0 Å². The van der Waals surface area contributed by atoms with Crippen LogP contribution < -0.4 is 0 Å². The van der Waals surface area contributed by atoms with E-state index < -0.39 is 0 Å². The van der Waals surface area contributed by atoms with E-state index in [9.17, 15) is 0 Å². The van der Waals surface area contributed by atoms with Gasteiger partial charge in [0.15, 0.2) is 0 Å². The fraction of sp³-hybridized carbons (Fsp3) is 0.118. The van der Waals surface area contributed by atoms with E-state index in [1.54, 1.807) is 0 Å². The number of aryl methyl sites for hydroxylation is 2. The lowest BCUT2D eigenvalue weighted by Gasteiger charge is -2.03. The van der Waals surface area contributed by atoms with Crippen LogP contribution in [0.1, 0.15) is 11.1 Å². The lowest BCUT2D eigenvalue weighted by Crippen LogP contribution is -1.94. The van der Waals surface area contributed by atoms with Crippen molar-refractivity contribution in [3.63, 3.8) is 0 Å². The molecule has 0 bridgehead atoms. The van der Waals surface area contributed by atoms with Crippen molar-refractivity contribution in [1.29, 1.82) is 0 Å². The fourth-order valence-electron chi connectivity index (χ4n) is 2.32. The number of aromatic nitrogens is 2. The first-order valence-corrected chi connectivity index (χ1v) is 6.42. The molecule has 0 spiro atoms.